The third-order valence-electron chi connectivity index (χ3n) is 4.93. The van der Waals surface area contributed by atoms with Crippen molar-refractivity contribution in [3.05, 3.63) is 11.9 Å². The van der Waals surface area contributed by atoms with Crippen molar-refractivity contribution < 1.29 is 9.53 Å². The lowest BCUT2D eigenvalue weighted by molar-refractivity contribution is 0.0423. The molecule has 1 aromatic heterocycles. The molecule has 1 amide bonds. The molecule has 1 atom stereocenters. The van der Waals surface area contributed by atoms with Gasteiger partial charge in [-0.3, -0.25) is 4.79 Å². The van der Waals surface area contributed by atoms with Gasteiger partial charge in [-0.25, -0.2) is 4.68 Å². The Morgan fingerprint density at radius 1 is 1.23 bits per heavy atom. The van der Waals surface area contributed by atoms with Gasteiger partial charge in [0.25, 0.3) is 5.91 Å². The molecule has 1 aliphatic carbocycles. The minimum atomic E-state index is 0.00353. The molecule has 1 aromatic rings. The number of amides is 1. The van der Waals surface area contributed by atoms with Gasteiger partial charge in [-0.15, -0.1) is 5.10 Å². The van der Waals surface area contributed by atoms with Crippen LogP contribution in [0, 0.1) is 0 Å². The van der Waals surface area contributed by atoms with Crippen LogP contribution in [0.25, 0.3) is 0 Å². The molecule has 1 saturated carbocycles. The summed E-state index contributed by atoms with van der Waals surface area (Å²) in [5.74, 6) is 0.00353. The molecule has 1 saturated heterocycles. The van der Waals surface area contributed by atoms with Crippen LogP contribution in [0.15, 0.2) is 6.20 Å². The number of piperidine rings is 1. The number of carbonyl (C=O) groups excluding carboxylic acids is 1. The van der Waals surface area contributed by atoms with Gasteiger partial charge in [-0.05, 0) is 32.1 Å². The Hall–Kier alpha value is -1.43. The van der Waals surface area contributed by atoms with Gasteiger partial charge in [0.2, 0.25) is 0 Å². The number of hydrogen-bond acceptors (Lipinski definition) is 4. The van der Waals surface area contributed by atoms with Gasteiger partial charge in [0.1, 0.15) is 0 Å². The van der Waals surface area contributed by atoms with Gasteiger partial charge < -0.3 is 9.64 Å². The lowest BCUT2D eigenvalue weighted by atomic mass is 9.96. The summed E-state index contributed by atoms with van der Waals surface area (Å²) in [6.07, 6.45) is 11.2. The minimum absolute atomic E-state index is 0.00353. The molecule has 6 nitrogen and oxygen atoms in total. The van der Waals surface area contributed by atoms with Gasteiger partial charge in [0.05, 0.1) is 24.9 Å². The molecule has 2 aliphatic rings. The maximum absolute atomic E-state index is 12.7. The van der Waals surface area contributed by atoms with E-state index in [-0.39, 0.29) is 11.9 Å². The van der Waals surface area contributed by atoms with Gasteiger partial charge in [-0.1, -0.05) is 24.5 Å². The second kappa shape index (κ2) is 7.22. The molecule has 6 heteroatoms. The summed E-state index contributed by atoms with van der Waals surface area (Å²) >= 11 is 0. The van der Waals surface area contributed by atoms with Crippen LogP contribution in [0.1, 0.15) is 67.9 Å². The van der Waals surface area contributed by atoms with Crippen LogP contribution in [0.3, 0.4) is 0 Å². The predicted molar refractivity (Wildman–Crippen MR) is 82.7 cm³/mol. The standard InChI is InChI=1S/C16H26N4O2/c1-22-12-14-9-5-6-10-19(14)16(21)15-11-20(18-17-15)13-7-3-2-4-8-13/h11,13-14H,2-10,12H2,1H3/t14-/m1/s1. The van der Waals surface area contributed by atoms with Crippen LogP contribution in [0.4, 0.5) is 0 Å². The first-order valence-corrected chi connectivity index (χ1v) is 8.51. The van der Waals surface area contributed by atoms with Gasteiger partial charge >= 0.3 is 0 Å². The Balaban J connectivity index is 1.69. The Labute approximate surface area is 131 Å². The molecule has 3 rings (SSSR count). The smallest absolute Gasteiger partial charge is 0.276 e. The van der Waals surface area contributed by atoms with Crippen molar-refractivity contribution in [1.29, 1.82) is 0 Å². The number of likely N-dealkylation sites (tertiary alicyclic amines) is 1. The average molecular weight is 306 g/mol. The number of aromatic nitrogens is 3. The highest BCUT2D eigenvalue weighted by Gasteiger charge is 2.29. The van der Waals surface area contributed by atoms with E-state index in [0.717, 1.165) is 38.6 Å². The van der Waals surface area contributed by atoms with E-state index in [1.54, 1.807) is 7.11 Å². The van der Waals surface area contributed by atoms with E-state index in [1.807, 2.05) is 15.8 Å². The number of nitrogens with zero attached hydrogens (tertiary/aromatic N) is 4. The molecule has 1 aliphatic heterocycles. The zero-order valence-corrected chi connectivity index (χ0v) is 13.4. The fourth-order valence-electron chi connectivity index (χ4n) is 3.68. The second-order valence-electron chi connectivity index (χ2n) is 6.48. The SMILES string of the molecule is COC[C@H]1CCCCN1C(=O)c1cn(C2CCCCC2)nn1. The van der Waals surface area contributed by atoms with Crippen LogP contribution in [-0.4, -0.2) is 52.1 Å². The third kappa shape index (κ3) is 3.32. The van der Waals surface area contributed by atoms with Crippen molar-refractivity contribution in [2.24, 2.45) is 0 Å². The van der Waals surface area contributed by atoms with E-state index >= 15 is 0 Å². The van der Waals surface area contributed by atoms with Crippen LogP contribution >= 0.6 is 0 Å². The molecule has 0 spiro atoms. The van der Waals surface area contributed by atoms with E-state index in [0.29, 0.717) is 18.3 Å². The fourth-order valence-corrected chi connectivity index (χ4v) is 3.68. The van der Waals surface area contributed by atoms with E-state index in [9.17, 15) is 4.79 Å². The molecular formula is C16H26N4O2. The first kappa shape index (κ1) is 15.5. The summed E-state index contributed by atoms with van der Waals surface area (Å²) in [6.45, 7) is 1.39. The van der Waals surface area contributed by atoms with Crippen molar-refractivity contribution in [1.82, 2.24) is 19.9 Å². The largest absolute Gasteiger partial charge is 0.383 e. The molecule has 0 radical (unpaired) electrons. The fraction of sp³-hybridized carbons (Fsp3) is 0.812. The quantitative estimate of drug-likeness (QED) is 0.857. The van der Waals surface area contributed by atoms with Crippen LogP contribution in [0.2, 0.25) is 0 Å². The molecule has 0 unspecified atom stereocenters. The summed E-state index contributed by atoms with van der Waals surface area (Å²) in [5.41, 5.74) is 0.480. The molecule has 122 valence electrons. The normalized spacial score (nSPS) is 23.7. The third-order valence-corrected chi connectivity index (χ3v) is 4.93. The second-order valence-corrected chi connectivity index (χ2v) is 6.48. The number of methoxy groups -OCH3 is 1. The number of hydrogen-bond donors (Lipinski definition) is 0. The van der Waals surface area contributed by atoms with Gasteiger partial charge in [-0.2, -0.15) is 0 Å². The van der Waals surface area contributed by atoms with Crippen molar-refractivity contribution in [3.63, 3.8) is 0 Å². The topological polar surface area (TPSA) is 60.2 Å². The van der Waals surface area contributed by atoms with Crippen LogP contribution in [-0.2, 0) is 4.74 Å². The number of ether oxygens (including phenoxy) is 1. The summed E-state index contributed by atoms with van der Waals surface area (Å²) in [6, 6.07) is 0.588. The summed E-state index contributed by atoms with van der Waals surface area (Å²) in [4.78, 5) is 14.7. The molecule has 0 N–H and O–H groups in total. The summed E-state index contributed by atoms with van der Waals surface area (Å²) < 4.78 is 7.17. The molecular weight excluding hydrogens is 280 g/mol. The summed E-state index contributed by atoms with van der Waals surface area (Å²) in [7, 11) is 1.69. The Kier molecular flexibility index (Phi) is 5.08. The first-order valence-electron chi connectivity index (χ1n) is 8.51. The Bertz CT molecular complexity index is 494. The Morgan fingerprint density at radius 3 is 2.77 bits per heavy atom. The zero-order chi connectivity index (χ0) is 15.4. The lowest BCUT2D eigenvalue weighted by Crippen LogP contribution is -2.46. The van der Waals surface area contributed by atoms with Crippen molar-refractivity contribution in [2.45, 2.75) is 63.5 Å². The highest BCUT2D eigenvalue weighted by molar-refractivity contribution is 5.92. The predicted octanol–water partition coefficient (Wildman–Crippen LogP) is 2.42. The van der Waals surface area contributed by atoms with Crippen LogP contribution < -0.4 is 0 Å². The first-order chi connectivity index (χ1) is 10.8. The number of carbonyl (C=O) groups is 1. The lowest BCUT2D eigenvalue weighted by Gasteiger charge is -2.34. The molecule has 0 bridgehead atoms. The summed E-state index contributed by atoms with van der Waals surface area (Å²) in [5, 5.41) is 8.36. The maximum atomic E-state index is 12.7. The molecule has 0 aromatic carbocycles. The number of rotatable bonds is 4. The van der Waals surface area contributed by atoms with Crippen molar-refractivity contribution >= 4 is 5.91 Å². The van der Waals surface area contributed by atoms with E-state index in [4.69, 9.17) is 4.74 Å². The maximum Gasteiger partial charge on any atom is 0.276 e. The molecule has 2 heterocycles. The Morgan fingerprint density at radius 2 is 2.00 bits per heavy atom. The van der Waals surface area contributed by atoms with E-state index in [2.05, 4.69) is 10.3 Å². The van der Waals surface area contributed by atoms with E-state index < -0.39 is 0 Å². The van der Waals surface area contributed by atoms with Crippen LogP contribution in [0.5, 0.6) is 0 Å². The highest BCUT2D eigenvalue weighted by Crippen LogP contribution is 2.27. The highest BCUT2D eigenvalue weighted by atomic mass is 16.5. The molecule has 2 fully saturated rings. The molecule has 22 heavy (non-hydrogen) atoms. The minimum Gasteiger partial charge on any atom is -0.383 e. The zero-order valence-electron chi connectivity index (χ0n) is 13.4. The van der Waals surface area contributed by atoms with Gasteiger partial charge in [0.15, 0.2) is 5.69 Å². The monoisotopic (exact) mass is 306 g/mol. The average Bonchev–Trinajstić information content (AvgIpc) is 3.06. The van der Waals surface area contributed by atoms with Crippen molar-refractivity contribution in [3.8, 4) is 0 Å². The van der Waals surface area contributed by atoms with Crippen molar-refractivity contribution in [2.75, 3.05) is 20.3 Å². The van der Waals surface area contributed by atoms with Gasteiger partial charge in [0, 0.05) is 13.7 Å². The van der Waals surface area contributed by atoms with E-state index in [1.165, 1.54) is 19.3 Å².